The van der Waals surface area contributed by atoms with E-state index in [1.165, 1.54) is 0 Å². The molecule has 0 aliphatic heterocycles. The monoisotopic (exact) mass is 399 g/mol. The normalized spacial score (nSPS) is 11.9. The summed E-state index contributed by atoms with van der Waals surface area (Å²) >= 11 is 0. The van der Waals surface area contributed by atoms with E-state index in [1.807, 2.05) is 66.7 Å². The molecule has 0 aliphatic carbocycles. The van der Waals surface area contributed by atoms with Crippen LogP contribution in [0, 0.1) is 0 Å². The molecule has 1 atom stereocenters. The third-order valence-corrected chi connectivity index (χ3v) is 5.27. The molecule has 0 spiro atoms. The van der Waals surface area contributed by atoms with E-state index in [0.29, 0.717) is 11.6 Å². The quantitative estimate of drug-likeness (QED) is 0.415. The summed E-state index contributed by atoms with van der Waals surface area (Å²) in [6.45, 7) is 4.25. The molecule has 152 valence electrons. The molecular weight excluding hydrogens is 374 g/mol. The van der Waals surface area contributed by atoms with Crippen LogP contribution in [0.5, 0.6) is 5.75 Å². The highest BCUT2D eigenvalue weighted by molar-refractivity contribution is 5.96. The first-order valence-electron chi connectivity index (χ1n) is 10.2. The molecule has 1 unspecified atom stereocenters. The molecule has 0 saturated carbocycles. The Morgan fingerprint density at radius 3 is 2.60 bits per heavy atom. The van der Waals surface area contributed by atoms with Crippen molar-refractivity contribution >= 4 is 22.6 Å². The zero-order chi connectivity index (χ0) is 20.9. The third-order valence-electron chi connectivity index (χ3n) is 5.27. The fraction of sp³-hybridized carbons (Fsp3) is 0.200. The molecule has 2 N–H and O–H groups in total. The molecule has 0 radical (unpaired) electrons. The van der Waals surface area contributed by atoms with Crippen molar-refractivity contribution in [1.82, 2.24) is 9.97 Å². The fourth-order valence-electron chi connectivity index (χ4n) is 3.45. The number of imidazole rings is 1. The molecule has 0 bridgehead atoms. The van der Waals surface area contributed by atoms with Gasteiger partial charge in [0, 0.05) is 5.56 Å². The summed E-state index contributed by atoms with van der Waals surface area (Å²) in [5, 5.41) is 2.96. The zero-order valence-electron chi connectivity index (χ0n) is 17.2. The Balaban J connectivity index is 1.50. The molecule has 1 amide bonds. The maximum Gasteiger partial charge on any atom is 0.262 e. The van der Waals surface area contributed by atoms with Crippen molar-refractivity contribution < 1.29 is 9.53 Å². The van der Waals surface area contributed by atoms with Gasteiger partial charge in [0.2, 0.25) is 0 Å². The number of nitrogens with one attached hydrogen (secondary N) is 2. The van der Waals surface area contributed by atoms with Crippen LogP contribution in [0.2, 0.25) is 0 Å². The van der Waals surface area contributed by atoms with E-state index in [4.69, 9.17) is 4.74 Å². The molecule has 4 aromatic rings. The second-order valence-corrected chi connectivity index (χ2v) is 7.33. The van der Waals surface area contributed by atoms with Gasteiger partial charge in [0.1, 0.15) is 11.6 Å². The number of H-pyrrole nitrogens is 1. The van der Waals surface area contributed by atoms with Crippen LogP contribution in [-0.2, 0) is 4.79 Å². The van der Waals surface area contributed by atoms with Crippen LogP contribution in [0.1, 0.15) is 31.7 Å². The fourth-order valence-corrected chi connectivity index (χ4v) is 3.45. The van der Waals surface area contributed by atoms with Crippen LogP contribution in [-0.4, -0.2) is 22.5 Å². The van der Waals surface area contributed by atoms with Gasteiger partial charge in [0.15, 0.2) is 6.61 Å². The van der Waals surface area contributed by atoms with Gasteiger partial charge >= 0.3 is 0 Å². The number of aromatic amines is 1. The summed E-state index contributed by atoms with van der Waals surface area (Å²) in [5.41, 5.74) is 4.50. The number of nitrogens with zero attached hydrogens (tertiary/aromatic N) is 1. The SMILES string of the molecule is CCC(C)c1ccccc1OCC(=O)Nc1ccccc1-c1nc2ccccc2[nH]1. The molecule has 5 nitrogen and oxygen atoms in total. The lowest BCUT2D eigenvalue weighted by molar-refractivity contribution is -0.118. The smallest absolute Gasteiger partial charge is 0.262 e. The van der Waals surface area contributed by atoms with Crippen molar-refractivity contribution in [2.24, 2.45) is 0 Å². The van der Waals surface area contributed by atoms with Gasteiger partial charge in [-0.05, 0) is 48.2 Å². The first kappa shape index (κ1) is 19.7. The Morgan fingerprint density at radius 2 is 1.77 bits per heavy atom. The molecule has 30 heavy (non-hydrogen) atoms. The number of carbonyl (C=O) groups excluding carboxylic acids is 1. The maximum absolute atomic E-state index is 12.6. The number of anilines is 1. The van der Waals surface area contributed by atoms with Crippen molar-refractivity contribution in [3.8, 4) is 17.1 Å². The summed E-state index contributed by atoms with van der Waals surface area (Å²) in [7, 11) is 0. The Hall–Kier alpha value is -3.60. The van der Waals surface area contributed by atoms with E-state index >= 15 is 0 Å². The number of hydrogen-bond acceptors (Lipinski definition) is 3. The highest BCUT2D eigenvalue weighted by atomic mass is 16.5. The number of fused-ring (bicyclic) bond motifs is 1. The second-order valence-electron chi connectivity index (χ2n) is 7.33. The first-order chi connectivity index (χ1) is 14.7. The average molecular weight is 399 g/mol. The summed E-state index contributed by atoms with van der Waals surface area (Å²) in [4.78, 5) is 20.6. The zero-order valence-corrected chi connectivity index (χ0v) is 17.2. The number of hydrogen-bond donors (Lipinski definition) is 2. The van der Waals surface area contributed by atoms with Gasteiger partial charge in [-0.1, -0.05) is 56.3 Å². The largest absolute Gasteiger partial charge is 0.483 e. The number of ether oxygens (including phenoxy) is 1. The highest BCUT2D eigenvalue weighted by Crippen LogP contribution is 2.29. The van der Waals surface area contributed by atoms with E-state index < -0.39 is 0 Å². The molecule has 1 heterocycles. The molecule has 0 fully saturated rings. The first-order valence-corrected chi connectivity index (χ1v) is 10.2. The summed E-state index contributed by atoms with van der Waals surface area (Å²) in [6, 6.07) is 23.4. The Kier molecular flexibility index (Phi) is 5.80. The lowest BCUT2D eigenvalue weighted by atomic mass is 9.98. The number of rotatable bonds is 7. The Bertz CT molecular complexity index is 1130. The van der Waals surface area contributed by atoms with Crippen LogP contribution in [0.4, 0.5) is 5.69 Å². The number of aromatic nitrogens is 2. The van der Waals surface area contributed by atoms with Gasteiger partial charge in [-0.3, -0.25) is 4.79 Å². The maximum atomic E-state index is 12.6. The van der Waals surface area contributed by atoms with Gasteiger partial charge in [-0.15, -0.1) is 0 Å². The topological polar surface area (TPSA) is 67.0 Å². The lowest BCUT2D eigenvalue weighted by Crippen LogP contribution is -2.21. The van der Waals surface area contributed by atoms with E-state index in [1.54, 1.807) is 0 Å². The number of benzene rings is 3. The summed E-state index contributed by atoms with van der Waals surface area (Å²) in [6.07, 6.45) is 1.01. The minimum Gasteiger partial charge on any atom is -0.483 e. The number of amides is 1. The molecule has 0 aliphatic rings. The van der Waals surface area contributed by atoms with Gasteiger partial charge < -0.3 is 15.0 Å². The minimum absolute atomic E-state index is 0.0537. The van der Waals surface area contributed by atoms with Crippen LogP contribution in [0.15, 0.2) is 72.8 Å². The van der Waals surface area contributed by atoms with Crippen LogP contribution >= 0.6 is 0 Å². The van der Waals surface area contributed by atoms with Crippen molar-refractivity contribution in [2.45, 2.75) is 26.2 Å². The third kappa shape index (κ3) is 4.20. The summed E-state index contributed by atoms with van der Waals surface area (Å²) in [5.74, 6) is 1.64. The predicted molar refractivity (Wildman–Crippen MR) is 121 cm³/mol. The van der Waals surface area contributed by atoms with Crippen LogP contribution in [0.25, 0.3) is 22.4 Å². The van der Waals surface area contributed by atoms with Gasteiger partial charge in [-0.25, -0.2) is 4.98 Å². The Labute approximate surface area is 176 Å². The molecule has 1 aromatic heterocycles. The minimum atomic E-state index is -0.211. The van der Waals surface area contributed by atoms with Crippen molar-refractivity contribution in [2.75, 3.05) is 11.9 Å². The van der Waals surface area contributed by atoms with E-state index in [-0.39, 0.29) is 12.5 Å². The van der Waals surface area contributed by atoms with Crippen molar-refractivity contribution in [1.29, 1.82) is 0 Å². The lowest BCUT2D eigenvalue weighted by Gasteiger charge is -2.16. The van der Waals surface area contributed by atoms with Crippen LogP contribution < -0.4 is 10.1 Å². The Morgan fingerprint density at radius 1 is 1.03 bits per heavy atom. The average Bonchev–Trinajstić information content (AvgIpc) is 3.22. The number of carbonyl (C=O) groups is 1. The number of para-hydroxylation sites is 4. The molecular formula is C25H25N3O2. The van der Waals surface area contributed by atoms with E-state index in [9.17, 15) is 4.79 Å². The van der Waals surface area contributed by atoms with Crippen LogP contribution in [0.3, 0.4) is 0 Å². The second kappa shape index (κ2) is 8.82. The van der Waals surface area contributed by atoms with Gasteiger partial charge in [-0.2, -0.15) is 0 Å². The molecule has 5 heteroatoms. The summed E-state index contributed by atoms with van der Waals surface area (Å²) < 4.78 is 5.85. The highest BCUT2D eigenvalue weighted by Gasteiger charge is 2.14. The molecule has 4 rings (SSSR count). The van der Waals surface area contributed by atoms with E-state index in [0.717, 1.165) is 40.2 Å². The van der Waals surface area contributed by atoms with E-state index in [2.05, 4.69) is 35.2 Å². The van der Waals surface area contributed by atoms with Gasteiger partial charge in [0.05, 0.1) is 16.7 Å². The van der Waals surface area contributed by atoms with Crippen molar-refractivity contribution in [3.63, 3.8) is 0 Å². The molecule has 3 aromatic carbocycles. The molecule has 0 saturated heterocycles. The van der Waals surface area contributed by atoms with Gasteiger partial charge in [0.25, 0.3) is 5.91 Å². The van der Waals surface area contributed by atoms with Crippen molar-refractivity contribution in [3.05, 3.63) is 78.4 Å². The predicted octanol–water partition coefficient (Wildman–Crippen LogP) is 5.76. The standard InChI is InChI=1S/C25H25N3O2/c1-3-17(2)18-10-5-9-15-23(18)30-16-24(29)26-20-12-6-4-11-19(20)25-27-21-13-7-8-14-22(21)28-25/h4-15,17H,3,16H2,1-2H3,(H,26,29)(H,27,28).